The number of anilines is 1. The van der Waals surface area contributed by atoms with Crippen LogP contribution in [0.15, 0.2) is 24.3 Å². The van der Waals surface area contributed by atoms with Crippen molar-refractivity contribution in [3.63, 3.8) is 0 Å². The molecule has 2 fully saturated rings. The average molecular weight is 362 g/mol. The van der Waals surface area contributed by atoms with Crippen LogP contribution >= 0.6 is 24.8 Å². The van der Waals surface area contributed by atoms with Crippen molar-refractivity contribution in [2.24, 2.45) is 0 Å². The zero-order valence-electron chi connectivity index (χ0n) is 13.1. The molecule has 130 valence electrons. The summed E-state index contributed by atoms with van der Waals surface area (Å²) in [6, 6.07) is 7.65. The van der Waals surface area contributed by atoms with E-state index in [1.54, 1.807) is 12.1 Å². The summed E-state index contributed by atoms with van der Waals surface area (Å²) in [5.74, 6) is 0.566. The third kappa shape index (κ3) is 5.16. The van der Waals surface area contributed by atoms with Crippen molar-refractivity contribution in [2.45, 2.75) is 25.3 Å². The quantitative estimate of drug-likeness (QED) is 0.864. The second-order valence-electron chi connectivity index (χ2n) is 5.88. The van der Waals surface area contributed by atoms with Crippen LogP contribution in [0.5, 0.6) is 5.75 Å². The zero-order chi connectivity index (χ0) is 14.7. The molecule has 3 rings (SSSR count). The molecule has 23 heavy (non-hydrogen) atoms. The summed E-state index contributed by atoms with van der Waals surface area (Å²) >= 11 is 0. The Kier molecular flexibility index (Phi) is 7.95. The van der Waals surface area contributed by atoms with Crippen LogP contribution in [0.4, 0.5) is 5.69 Å². The molecule has 2 aliphatic rings. The first kappa shape index (κ1) is 19.9. The smallest absolute Gasteiger partial charge is 0.224 e. The summed E-state index contributed by atoms with van der Waals surface area (Å²) in [5.41, 5.74) is 1.11. The minimum atomic E-state index is 0. The van der Waals surface area contributed by atoms with Crippen molar-refractivity contribution in [1.29, 1.82) is 0 Å². The Labute approximate surface area is 149 Å². The summed E-state index contributed by atoms with van der Waals surface area (Å²) in [6.07, 6.45) is 2.95. The Bertz CT molecular complexity index is 485. The number of amides is 1. The van der Waals surface area contributed by atoms with Crippen molar-refractivity contribution in [2.75, 3.05) is 37.6 Å². The van der Waals surface area contributed by atoms with Gasteiger partial charge in [-0.1, -0.05) is 0 Å². The van der Waals surface area contributed by atoms with Gasteiger partial charge in [-0.3, -0.25) is 4.79 Å². The van der Waals surface area contributed by atoms with Crippen LogP contribution < -0.4 is 10.2 Å². The number of carbonyl (C=O) groups excluding carboxylic acids is 1. The van der Waals surface area contributed by atoms with Crippen LogP contribution in [0.3, 0.4) is 0 Å². The summed E-state index contributed by atoms with van der Waals surface area (Å²) < 4.78 is 0. The Morgan fingerprint density at radius 2 is 1.78 bits per heavy atom. The summed E-state index contributed by atoms with van der Waals surface area (Å²) in [4.78, 5) is 16.5. The maximum Gasteiger partial charge on any atom is 0.224 e. The number of hydrogen-bond donors (Lipinski definition) is 2. The second-order valence-corrected chi connectivity index (χ2v) is 5.88. The van der Waals surface area contributed by atoms with E-state index in [-0.39, 0.29) is 36.5 Å². The normalized spacial score (nSPS) is 20.6. The molecule has 0 spiro atoms. The van der Waals surface area contributed by atoms with Gasteiger partial charge >= 0.3 is 0 Å². The van der Waals surface area contributed by atoms with Crippen molar-refractivity contribution < 1.29 is 9.90 Å². The molecule has 1 aromatic rings. The minimum absolute atomic E-state index is 0. The van der Waals surface area contributed by atoms with Gasteiger partial charge in [0.15, 0.2) is 0 Å². The number of nitrogens with zero attached hydrogens (tertiary/aromatic N) is 2. The van der Waals surface area contributed by atoms with Gasteiger partial charge in [0.2, 0.25) is 5.91 Å². The highest BCUT2D eigenvalue weighted by Crippen LogP contribution is 2.20. The highest BCUT2D eigenvalue weighted by molar-refractivity contribution is 5.85. The van der Waals surface area contributed by atoms with Gasteiger partial charge in [0.25, 0.3) is 0 Å². The lowest BCUT2D eigenvalue weighted by Gasteiger charge is -2.36. The number of aromatic hydroxyl groups is 1. The lowest BCUT2D eigenvalue weighted by molar-refractivity contribution is -0.131. The van der Waals surface area contributed by atoms with Crippen LogP contribution in [-0.4, -0.2) is 54.7 Å². The Morgan fingerprint density at radius 3 is 2.35 bits per heavy atom. The van der Waals surface area contributed by atoms with E-state index in [2.05, 4.69) is 10.2 Å². The SMILES string of the molecule is Cl.Cl.O=C(CC1CCCN1)N1CCN(c2ccc(O)cc2)CC1. The molecule has 0 bridgehead atoms. The standard InChI is InChI=1S/C16H23N3O2.2ClH/c20-15-5-3-14(4-6-15)18-8-10-19(11-9-18)16(21)12-13-2-1-7-17-13;;/h3-6,13,17,20H,1-2,7-12H2;2*1H. The highest BCUT2D eigenvalue weighted by Gasteiger charge is 2.24. The Hall–Kier alpha value is -1.17. The summed E-state index contributed by atoms with van der Waals surface area (Å²) in [5, 5.41) is 12.7. The molecule has 2 heterocycles. The fraction of sp³-hybridized carbons (Fsp3) is 0.562. The lowest BCUT2D eigenvalue weighted by atomic mass is 10.1. The highest BCUT2D eigenvalue weighted by atomic mass is 35.5. The van der Waals surface area contributed by atoms with E-state index in [1.165, 1.54) is 6.42 Å². The molecule has 1 aromatic carbocycles. The number of phenolic OH excluding ortho intramolecular Hbond substituents is 1. The number of halogens is 2. The van der Waals surface area contributed by atoms with Gasteiger partial charge in [0.05, 0.1) is 0 Å². The molecule has 2 N–H and O–H groups in total. The van der Waals surface area contributed by atoms with Gasteiger partial charge in [-0.25, -0.2) is 0 Å². The van der Waals surface area contributed by atoms with Crippen molar-refractivity contribution in [1.82, 2.24) is 10.2 Å². The van der Waals surface area contributed by atoms with Gasteiger partial charge in [-0.15, -0.1) is 24.8 Å². The summed E-state index contributed by atoms with van der Waals surface area (Å²) in [6.45, 7) is 4.33. The topological polar surface area (TPSA) is 55.8 Å². The van der Waals surface area contributed by atoms with Gasteiger partial charge in [0.1, 0.15) is 5.75 Å². The van der Waals surface area contributed by atoms with Crippen LogP contribution in [0.2, 0.25) is 0 Å². The fourth-order valence-corrected chi connectivity index (χ4v) is 3.15. The first-order valence-electron chi connectivity index (χ1n) is 7.77. The molecule has 0 aliphatic carbocycles. The number of hydrogen-bond acceptors (Lipinski definition) is 4. The molecule has 1 amide bonds. The summed E-state index contributed by atoms with van der Waals surface area (Å²) in [7, 11) is 0. The third-order valence-corrected chi connectivity index (χ3v) is 4.43. The van der Waals surface area contributed by atoms with Crippen molar-refractivity contribution in [3.05, 3.63) is 24.3 Å². The first-order valence-corrected chi connectivity index (χ1v) is 7.77. The largest absolute Gasteiger partial charge is 0.508 e. The van der Waals surface area contributed by atoms with E-state index in [1.807, 2.05) is 17.0 Å². The molecule has 2 saturated heterocycles. The number of rotatable bonds is 3. The molecular weight excluding hydrogens is 337 g/mol. The van der Waals surface area contributed by atoms with Gasteiger partial charge in [-0.2, -0.15) is 0 Å². The average Bonchev–Trinajstić information content (AvgIpc) is 3.01. The Morgan fingerprint density at radius 1 is 1.13 bits per heavy atom. The number of phenols is 1. The van der Waals surface area contributed by atoms with E-state index in [9.17, 15) is 9.90 Å². The second kappa shape index (κ2) is 9.21. The molecule has 7 heteroatoms. The molecule has 5 nitrogen and oxygen atoms in total. The number of nitrogens with one attached hydrogen (secondary N) is 1. The predicted molar refractivity (Wildman–Crippen MR) is 97.0 cm³/mol. The molecule has 2 aliphatic heterocycles. The molecule has 0 radical (unpaired) electrons. The first-order chi connectivity index (χ1) is 10.2. The predicted octanol–water partition coefficient (Wildman–Crippen LogP) is 2.03. The lowest BCUT2D eigenvalue weighted by Crippen LogP contribution is -2.49. The van der Waals surface area contributed by atoms with Crippen LogP contribution in [0, 0.1) is 0 Å². The number of benzene rings is 1. The van der Waals surface area contributed by atoms with Crippen LogP contribution in [0.25, 0.3) is 0 Å². The van der Waals surface area contributed by atoms with Crippen LogP contribution in [-0.2, 0) is 4.79 Å². The molecule has 1 unspecified atom stereocenters. The maximum absolute atomic E-state index is 12.3. The van der Waals surface area contributed by atoms with Gasteiger partial charge in [0, 0.05) is 44.3 Å². The van der Waals surface area contributed by atoms with Gasteiger partial charge < -0.3 is 20.2 Å². The minimum Gasteiger partial charge on any atom is -0.508 e. The maximum atomic E-state index is 12.3. The van der Waals surface area contributed by atoms with Crippen LogP contribution in [0.1, 0.15) is 19.3 Å². The monoisotopic (exact) mass is 361 g/mol. The van der Waals surface area contributed by atoms with E-state index < -0.39 is 0 Å². The van der Waals surface area contributed by atoms with E-state index in [0.29, 0.717) is 12.5 Å². The fourth-order valence-electron chi connectivity index (χ4n) is 3.15. The number of piperazine rings is 1. The number of carbonyl (C=O) groups is 1. The van der Waals surface area contributed by atoms with Crippen molar-refractivity contribution in [3.8, 4) is 5.75 Å². The zero-order valence-corrected chi connectivity index (χ0v) is 14.7. The molecular formula is C16H25Cl2N3O2. The van der Waals surface area contributed by atoms with E-state index in [0.717, 1.165) is 44.8 Å². The van der Waals surface area contributed by atoms with Crippen molar-refractivity contribution >= 4 is 36.4 Å². The third-order valence-electron chi connectivity index (χ3n) is 4.43. The van der Waals surface area contributed by atoms with E-state index >= 15 is 0 Å². The Balaban J connectivity index is 0.00000132. The molecule has 0 saturated carbocycles. The molecule has 1 atom stereocenters. The molecule has 0 aromatic heterocycles. The van der Waals surface area contributed by atoms with E-state index in [4.69, 9.17) is 0 Å². The van der Waals surface area contributed by atoms with Gasteiger partial charge in [-0.05, 0) is 43.7 Å².